The van der Waals surface area contributed by atoms with E-state index in [9.17, 15) is 0 Å². The van der Waals surface area contributed by atoms with Gasteiger partial charge in [-0.2, -0.15) is 5.26 Å². The van der Waals surface area contributed by atoms with E-state index in [1.54, 1.807) is 18.3 Å². The minimum atomic E-state index is 0.536. The first-order valence-electron chi connectivity index (χ1n) is 7.83. The quantitative estimate of drug-likeness (QED) is 0.673. The molecule has 116 valence electrons. The number of hydrogen-bond acceptors (Lipinski definition) is 3. The van der Waals surface area contributed by atoms with Gasteiger partial charge in [0.1, 0.15) is 11.7 Å². The van der Waals surface area contributed by atoms with Crippen LogP contribution in [0.2, 0.25) is 0 Å². The van der Waals surface area contributed by atoms with E-state index in [1.165, 1.54) is 6.42 Å². The van der Waals surface area contributed by atoms with Gasteiger partial charge in [-0.1, -0.05) is 12.1 Å². The molecule has 5 nitrogen and oxygen atoms in total. The highest BCUT2D eigenvalue weighted by Crippen LogP contribution is 2.18. The lowest BCUT2D eigenvalue weighted by molar-refractivity contribution is 0.342. The minimum absolute atomic E-state index is 0.536. The van der Waals surface area contributed by atoms with Crippen molar-refractivity contribution in [3.8, 4) is 17.3 Å². The number of piperidine rings is 1. The molecule has 23 heavy (non-hydrogen) atoms. The molecule has 0 spiro atoms. The van der Waals surface area contributed by atoms with E-state index in [-0.39, 0.29) is 0 Å². The Balaban J connectivity index is 1.70. The van der Waals surface area contributed by atoms with E-state index in [2.05, 4.69) is 20.9 Å². The number of amidine groups is 1. The van der Waals surface area contributed by atoms with Crippen LogP contribution in [0.1, 0.15) is 30.7 Å². The number of rotatable bonds is 3. The number of aromatic nitrogens is 2. The molecule has 1 aromatic carbocycles. The number of H-pyrrole nitrogens is 1. The molecule has 3 rings (SSSR count). The van der Waals surface area contributed by atoms with Crippen LogP contribution in [-0.4, -0.2) is 33.8 Å². The van der Waals surface area contributed by atoms with Crippen molar-refractivity contribution in [3.05, 3.63) is 47.9 Å². The first kappa shape index (κ1) is 15.0. The standard InChI is InChI=1S/C18H19N5/c19-12-14-5-4-6-15(11-14)16-13-21-18(22-16)8-7-17(20)23-9-2-1-3-10-23/h4-8,11,13,20H,1-3,9-10H2,(H,21,22)/b8-7-,20-17?. The van der Waals surface area contributed by atoms with Crippen molar-refractivity contribution < 1.29 is 0 Å². The van der Waals surface area contributed by atoms with Crippen molar-refractivity contribution in [3.63, 3.8) is 0 Å². The monoisotopic (exact) mass is 305 g/mol. The normalized spacial score (nSPS) is 14.8. The molecule has 0 atom stereocenters. The van der Waals surface area contributed by atoms with Crippen molar-refractivity contribution in [2.45, 2.75) is 19.3 Å². The number of benzene rings is 1. The largest absolute Gasteiger partial charge is 0.357 e. The third-order valence-electron chi connectivity index (χ3n) is 3.99. The number of hydrogen-bond donors (Lipinski definition) is 2. The first-order chi connectivity index (χ1) is 11.3. The molecule has 0 saturated carbocycles. The topological polar surface area (TPSA) is 79.6 Å². The zero-order chi connectivity index (χ0) is 16.1. The second kappa shape index (κ2) is 6.93. The van der Waals surface area contributed by atoms with Crippen LogP contribution in [0.25, 0.3) is 17.3 Å². The van der Waals surface area contributed by atoms with Crippen molar-refractivity contribution in [1.29, 1.82) is 10.7 Å². The maximum Gasteiger partial charge on any atom is 0.130 e. The predicted octanol–water partition coefficient (Wildman–Crippen LogP) is 3.42. The van der Waals surface area contributed by atoms with Crippen LogP contribution in [0.4, 0.5) is 0 Å². The van der Waals surface area contributed by atoms with Crippen molar-refractivity contribution >= 4 is 11.9 Å². The number of nitrogens with one attached hydrogen (secondary N) is 2. The molecular formula is C18H19N5. The van der Waals surface area contributed by atoms with Crippen LogP contribution in [-0.2, 0) is 0 Å². The van der Waals surface area contributed by atoms with Gasteiger partial charge >= 0.3 is 0 Å². The second-order valence-corrected chi connectivity index (χ2v) is 5.64. The van der Waals surface area contributed by atoms with Crippen LogP contribution >= 0.6 is 0 Å². The Morgan fingerprint density at radius 1 is 1.30 bits per heavy atom. The molecular weight excluding hydrogens is 286 g/mol. The maximum absolute atomic E-state index is 8.97. The van der Waals surface area contributed by atoms with Gasteiger partial charge in [-0.25, -0.2) is 4.98 Å². The Kier molecular flexibility index (Phi) is 4.53. The Bertz CT molecular complexity index is 760. The highest BCUT2D eigenvalue weighted by Gasteiger charge is 2.11. The Labute approximate surface area is 135 Å². The molecule has 1 aromatic heterocycles. The van der Waals surface area contributed by atoms with Crippen LogP contribution in [0.5, 0.6) is 0 Å². The minimum Gasteiger partial charge on any atom is -0.357 e. The molecule has 0 aliphatic carbocycles. The van der Waals surface area contributed by atoms with Crippen molar-refractivity contribution in [2.75, 3.05) is 13.1 Å². The van der Waals surface area contributed by atoms with Gasteiger partial charge in [0.15, 0.2) is 0 Å². The summed E-state index contributed by atoms with van der Waals surface area (Å²) in [6.07, 6.45) is 8.96. The van der Waals surface area contributed by atoms with Gasteiger partial charge in [0.25, 0.3) is 0 Å². The zero-order valence-electron chi connectivity index (χ0n) is 12.9. The van der Waals surface area contributed by atoms with Gasteiger partial charge in [-0.15, -0.1) is 0 Å². The summed E-state index contributed by atoms with van der Waals surface area (Å²) in [5.41, 5.74) is 2.43. The molecule has 0 amide bonds. The van der Waals surface area contributed by atoms with Gasteiger partial charge in [0.2, 0.25) is 0 Å². The number of imidazole rings is 1. The molecule has 2 aromatic rings. The summed E-state index contributed by atoms with van der Waals surface area (Å²) < 4.78 is 0. The summed E-state index contributed by atoms with van der Waals surface area (Å²) in [6, 6.07) is 9.55. The van der Waals surface area contributed by atoms with Crippen molar-refractivity contribution in [1.82, 2.24) is 14.9 Å². The average molecular weight is 305 g/mol. The van der Waals surface area contributed by atoms with Gasteiger partial charge in [-0.05, 0) is 43.5 Å². The number of nitrogens with zero attached hydrogens (tertiary/aromatic N) is 3. The third kappa shape index (κ3) is 3.67. The van der Waals surface area contributed by atoms with Crippen LogP contribution < -0.4 is 0 Å². The van der Waals surface area contributed by atoms with E-state index in [4.69, 9.17) is 10.7 Å². The van der Waals surface area contributed by atoms with Crippen LogP contribution in [0.3, 0.4) is 0 Å². The van der Waals surface area contributed by atoms with Crippen LogP contribution in [0.15, 0.2) is 36.5 Å². The molecule has 1 saturated heterocycles. The summed E-state index contributed by atoms with van der Waals surface area (Å²) in [6.45, 7) is 1.93. The van der Waals surface area contributed by atoms with Gasteiger partial charge in [-0.3, -0.25) is 5.41 Å². The van der Waals surface area contributed by atoms with Gasteiger partial charge < -0.3 is 9.88 Å². The number of likely N-dealkylation sites (tertiary alicyclic amines) is 1. The second-order valence-electron chi connectivity index (χ2n) is 5.64. The SMILES string of the molecule is N#Cc1cccc(-c2cnc(/C=C\C(=N)N3CCCCC3)[nH]2)c1. The summed E-state index contributed by atoms with van der Waals surface area (Å²) in [7, 11) is 0. The fraction of sp³-hybridized carbons (Fsp3) is 0.278. The molecule has 5 heteroatoms. The molecule has 1 fully saturated rings. The smallest absolute Gasteiger partial charge is 0.130 e. The molecule has 1 aliphatic heterocycles. The number of aromatic amines is 1. The zero-order valence-corrected chi connectivity index (χ0v) is 12.9. The van der Waals surface area contributed by atoms with E-state index in [0.717, 1.165) is 37.2 Å². The highest BCUT2D eigenvalue weighted by atomic mass is 15.2. The fourth-order valence-corrected chi connectivity index (χ4v) is 2.72. The van der Waals surface area contributed by atoms with Gasteiger partial charge in [0, 0.05) is 18.7 Å². The lowest BCUT2D eigenvalue weighted by Gasteiger charge is -2.27. The lowest BCUT2D eigenvalue weighted by atomic mass is 10.1. The fourth-order valence-electron chi connectivity index (χ4n) is 2.72. The summed E-state index contributed by atoms with van der Waals surface area (Å²) in [5.74, 6) is 1.25. The average Bonchev–Trinajstić information content (AvgIpc) is 3.09. The molecule has 1 aliphatic rings. The van der Waals surface area contributed by atoms with E-state index >= 15 is 0 Å². The maximum atomic E-state index is 8.97. The predicted molar refractivity (Wildman–Crippen MR) is 90.9 cm³/mol. The highest BCUT2D eigenvalue weighted by molar-refractivity contribution is 5.93. The van der Waals surface area contributed by atoms with Crippen LogP contribution in [0, 0.1) is 16.7 Å². The Morgan fingerprint density at radius 3 is 2.91 bits per heavy atom. The van der Waals surface area contributed by atoms with Gasteiger partial charge in [0.05, 0.1) is 23.5 Å². The molecule has 2 heterocycles. The Hall–Kier alpha value is -2.87. The van der Waals surface area contributed by atoms with Crippen molar-refractivity contribution in [2.24, 2.45) is 0 Å². The summed E-state index contributed by atoms with van der Waals surface area (Å²) >= 11 is 0. The van der Waals surface area contributed by atoms with E-state index in [1.807, 2.05) is 24.3 Å². The molecule has 2 N–H and O–H groups in total. The first-order valence-corrected chi connectivity index (χ1v) is 7.83. The molecule has 0 bridgehead atoms. The summed E-state index contributed by atoms with van der Waals surface area (Å²) in [4.78, 5) is 9.64. The van der Waals surface area contributed by atoms with E-state index < -0.39 is 0 Å². The lowest BCUT2D eigenvalue weighted by Crippen LogP contribution is -2.33. The molecule has 0 unspecified atom stereocenters. The third-order valence-corrected chi connectivity index (χ3v) is 3.99. The van der Waals surface area contributed by atoms with E-state index in [0.29, 0.717) is 17.2 Å². The number of nitriles is 1. The summed E-state index contributed by atoms with van der Waals surface area (Å²) in [5, 5.41) is 17.1. The Morgan fingerprint density at radius 2 is 2.13 bits per heavy atom. The molecule has 0 radical (unpaired) electrons.